The monoisotopic (exact) mass is 536 g/mol. The van der Waals surface area contributed by atoms with Crippen LogP contribution in [0.2, 0.25) is 10.0 Å². The third kappa shape index (κ3) is 3.70. The maximum atomic E-state index is 6.63. The van der Waals surface area contributed by atoms with Crippen LogP contribution in [-0.4, -0.2) is 21.5 Å². The summed E-state index contributed by atoms with van der Waals surface area (Å²) in [6.07, 6.45) is 1.80. The molecule has 0 radical (unpaired) electrons. The van der Waals surface area contributed by atoms with Gasteiger partial charge in [0.05, 0.1) is 33.5 Å². The summed E-state index contributed by atoms with van der Waals surface area (Å²) in [4.78, 5) is 6.79. The van der Waals surface area contributed by atoms with Crippen LogP contribution in [0.3, 0.4) is 0 Å². The van der Waals surface area contributed by atoms with E-state index in [1.54, 1.807) is 12.3 Å². The minimum atomic E-state index is -0.175. The zero-order valence-corrected chi connectivity index (χ0v) is 21.9. The summed E-state index contributed by atoms with van der Waals surface area (Å²) in [7, 11) is 0. The van der Waals surface area contributed by atoms with Gasteiger partial charge in [0.25, 0.3) is 0 Å². The molecule has 2 atom stereocenters. The van der Waals surface area contributed by atoms with E-state index in [9.17, 15) is 0 Å². The molecule has 9 heteroatoms. The molecule has 1 saturated heterocycles. The van der Waals surface area contributed by atoms with E-state index < -0.39 is 0 Å². The molecule has 4 aromatic rings. The van der Waals surface area contributed by atoms with Gasteiger partial charge in [-0.15, -0.1) is 0 Å². The smallest absolute Gasteiger partial charge is 0.231 e. The van der Waals surface area contributed by atoms with Crippen molar-refractivity contribution in [3.05, 3.63) is 99.6 Å². The Balaban J connectivity index is 1.53. The average Bonchev–Trinajstić information content (AvgIpc) is 3.56. The van der Waals surface area contributed by atoms with Crippen molar-refractivity contribution in [2.45, 2.75) is 25.9 Å². The minimum absolute atomic E-state index is 0.173. The summed E-state index contributed by atoms with van der Waals surface area (Å²) < 4.78 is 13.3. The van der Waals surface area contributed by atoms with Crippen LogP contribution < -0.4 is 19.7 Å². The van der Waals surface area contributed by atoms with E-state index in [1.807, 2.05) is 48.5 Å². The fourth-order valence-electron chi connectivity index (χ4n) is 5.11. The van der Waals surface area contributed by atoms with Crippen LogP contribution in [-0.2, 0) is 0 Å². The standard InChI is InChI=1S/C27H22Cl2N4O2S/c1-15-12-18(16(2)32(15)21-8-5-6-19(28)24(21)29)26-25(20-7-3-4-11-30-20)31-27(36)33(26)17-9-10-22-23(13-17)35-14-34-22/h3-13,25-26H,14H2,1-2H3,(H,31,36)/t25-,26+/m1/s1. The molecule has 2 aliphatic rings. The van der Waals surface area contributed by atoms with Gasteiger partial charge in [-0.2, -0.15) is 0 Å². The molecule has 2 aliphatic heterocycles. The van der Waals surface area contributed by atoms with E-state index in [0.29, 0.717) is 20.9 Å². The van der Waals surface area contributed by atoms with Crippen molar-refractivity contribution in [2.24, 2.45) is 0 Å². The molecule has 2 aromatic carbocycles. The lowest BCUT2D eigenvalue weighted by Crippen LogP contribution is -2.29. The quantitative estimate of drug-likeness (QED) is 0.293. The molecule has 2 aromatic heterocycles. The maximum absolute atomic E-state index is 6.63. The molecule has 1 fully saturated rings. The minimum Gasteiger partial charge on any atom is -0.454 e. The highest BCUT2D eigenvalue weighted by molar-refractivity contribution is 7.80. The van der Waals surface area contributed by atoms with Crippen LogP contribution in [0, 0.1) is 13.8 Å². The van der Waals surface area contributed by atoms with E-state index in [-0.39, 0.29) is 18.9 Å². The zero-order chi connectivity index (χ0) is 25.0. The molecule has 182 valence electrons. The summed E-state index contributed by atoms with van der Waals surface area (Å²) in [5.74, 6) is 1.43. The van der Waals surface area contributed by atoms with Crippen LogP contribution in [0.4, 0.5) is 5.69 Å². The average molecular weight is 537 g/mol. The van der Waals surface area contributed by atoms with Crippen molar-refractivity contribution in [2.75, 3.05) is 11.7 Å². The molecule has 0 bridgehead atoms. The summed E-state index contributed by atoms with van der Waals surface area (Å²) in [5.41, 5.74) is 5.83. The van der Waals surface area contributed by atoms with E-state index in [2.05, 4.69) is 39.7 Å². The number of anilines is 1. The molecule has 4 heterocycles. The molecule has 0 unspecified atom stereocenters. The van der Waals surface area contributed by atoms with Crippen molar-refractivity contribution >= 4 is 46.2 Å². The number of benzene rings is 2. The van der Waals surface area contributed by atoms with Crippen LogP contribution in [0.15, 0.2) is 66.9 Å². The number of rotatable bonds is 4. The number of halogens is 2. The lowest BCUT2D eigenvalue weighted by Gasteiger charge is -2.28. The summed E-state index contributed by atoms with van der Waals surface area (Å²) in [6.45, 7) is 4.37. The van der Waals surface area contributed by atoms with Crippen molar-refractivity contribution < 1.29 is 9.47 Å². The third-order valence-electron chi connectivity index (χ3n) is 6.69. The third-order valence-corrected chi connectivity index (χ3v) is 7.82. The Morgan fingerprint density at radius 3 is 2.64 bits per heavy atom. The van der Waals surface area contributed by atoms with Gasteiger partial charge in [0.15, 0.2) is 16.6 Å². The number of ether oxygens (including phenoxy) is 2. The predicted octanol–water partition coefficient (Wildman–Crippen LogP) is 6.70. The molecular weight excluding hydrogens is 515 g/mol. The van der Waals surface area contributed by atoms with Crippen molar-refractivity contribution in [3.63, 3.8) is 0 Å². The molecule has 0 aliphatic carbocycles. The van der Waals surface area contributed by atoms with Crippen LogP contribution in [0.1, 0.15) is 34.7 Å². The second-order valence-electron chi connectivity index (χ2n) is 8.77. The first-order valence-corrected chi connectivity index (χ1v) is 12.6. The Kier molecular flexibility index (Phi) is 5.79. The van der Waals surface area contributed by atoms with Gasteiger partial charge in [-0.05, 0) is 74.1 Å². The first-order chi connectivity index (χ1) is 17.4. The molecular formula is C27H22Cl2N4O2S. The van der Waals surface area contributed by atoms with E-state index >= 15 is 0 Å². The fraction of sp³-hybridized carbons (Fsp3) is 0.185. The number of aromatic nitrogens is 2. The number of fused-ring (bicyclic) bond motifs is 1. The SMILES string of the molecule is Cc1cc([C@H]2[C@@H](c3ccccn3)NC(=S)N2c2ccc3c(c2)OCO3)c(C)n1-c1cccc(Cl)c1Cl. The van der Waals surface area contributed by atoms with Gasteiger partial charge in [-0.25, -0.2) is 0 Å². The first kappa shape index (κ1) is 23.2. The molecule has 0 amide bonds. The second-order valence-corrected chi connectivity index (χ2v) is 9.94. The van der Waals surface area contributed by atoms with Gasteiger partial charge >= 0.3 is 0 Å². The molecule has 1 N–H and O–H groups in total. The van der Waals surface area contributed by atoms with Gasteiger partial charge in [-0.1, -0.05) is 35.3 Å². The molecule has 36 heavy (non-hydrogen) atoms. The molecule has 6 nitrogen and oxygen atoms in total. The van der Waals surface area contributed by atoms with Gasteiger partial charge < -0.3 is 24.3 Å². The normalized spacial score (nSPS) is 18.6. The van der Waals surface area contributed by atoms with Gasteiger partial charge in [0.1, 0.15) is 0 Å². The number of nitrogens with one attached hydrogen (secondary N) is 1. The summed E-state index contributed by atoms with van der Waals surface area (Å²) in [5, 5.41) is 5.16. The number of pyridine rings is 1. The molecule has 6 rings (SSSR count). The maximum Gasteiger partial charge on any atom is 0.231 e. The molecule has 0 saturated carbocycles. The Morgan fingerprint density at radius 2 is 1.83 bits per heavy atom. The fourth-order valence-corrected chi connectivity index (χ4v) is 5.83. The highest BCUT2D eigenvalue weighted by Crippen LogP contribution is 2.46. The largest absolute Gasteiger partial charge is 0.454 e. The lowest BCUT2D eigenvalue weighted by molar-refractivity contribution is 0.174. The number of hydrogen-bond acceptors (Lipinski definition) is 4. The Labute approximate surface area is 224 Å². The van der Waals surface area contributed by atoms with Gasteiger partial charge in [-0.3, -0.25) is 4.98 Å². The number of nitrogens with zero attached hydrogens (tertiary/aromatic N) is 3. The van der Waals surface area contributed by atoms with Crippen molar-refractivity contribution in [1.82, 2.24) is 14.9 Å². The predicted molar refractivity (Wildman–Crippen MR) is 146 cm³/mol. The highest BCUT2D eigenvalue weighted by atomic mass is 35.5. The van der Waals surface area contributed by atoms with E-state index in [0.717, 1.165) is 39.8 Å². The Morgan fingerprint density at radius 1 is 1.00 bits per heavy atom. The summed E-state index contributed by atoms with van der Waals surface area (Å²) >= 11 is 18.9. The number of hydrogen-bond donors (Lipinski definition) is 1. The highest BCUT2D eigenvalue weighted by Gasteiger charge is 2.42. The van der Waals surface area contributed by atoms with E-state index in [4.69, 9.17) is 44.9 Å². The number of aryl methyl sites for hydroxylation is 1. The first-order valence-electron chi connectivity index (χ1n) is 11.5. The van der Waals surface area contributed by atoms with Gasteiger partial charge in [0, 0.05) is 29.3 Å². The van der Waals surface area contributed by atoms with Crippen molar-refractivity contribution in [1.29, 1.82) is 0 Å². The second kappa shape index (κ2) is 9.00. The van der Waals surface area contributed by atoms with Crippen LogP contribution in [0.25, 0.3) is 5.69 Å². The Bertz CT molecular complexity index is 1490. The topological polar surface area (TPSA) is 51.6 Å². The molecule has 0 spiro atoms. The zero-order valence-electron chi connectivity index (χ0n) is 19.5. The summed E-state index contributed by atoms with van der Waals surface area (Å²) in [6, 6.07) is 19.3. The van der Waals surface area contributed by atoms with E-state index in [1.165, 1.54) is 0 Å². The van der Waals surface area contributed by atoms with Crippen LogP contribution in [0.5, 0.6) is 11.5 Å². The van der Waals surface area contributed by atoms with Crippen LogP contribution >= 0.6 is 35.4 Å². The number of thiocarbonyl (C=S) groups is 1. The lowest BCUT2D eigenvalue weighted by atomic mass is 9.96. The van der Waals surface area contributed by atoms with Crippen molar-refractivity contribution in [3.8, 4) is 17.2 Å². The van der Waals surface area contributed by atoms with Gasteiger partial charge in [0.2, 0.25) is 6.79 Å². The Hall–Kier alpha value is -3.26.